The number of methoxy groups -OCH3 is 2. The lowest BCUT2D eigenvalue weighted by molar-refractivity contribution is -0.141. The van der Waals surface area contributed by atoms with Gasteiger partial charge in [-0.3, -0.25) is 9.59 Å². The first-order chi connectivity index (χ1) is 18.3. The van der Waals surface area contributed by atoms with Crippen LogP contribution >= 0.6 is 11.6 Å². The van der Waals surface area contributed by atoms with E-state index in [0.717, 1.165) is 16.7 Å². The Morgan fingerprint density at radius 2 is 1.58 bits per heavy atom. The Hall–Kier alpha value is -3.51. The molecule has 2 amide bonds. The first kappa shape index (κ1) is 29.1. The molecule has 38 heavy (non-hydrogen) atoms. The number of carbonyl (C=O) groups excluding carboxylic acids is 2. The van der Waals surface area contributed by atoms with Gasteiger partial charge in [0.15, 0.2) is 11.5 Å². The largest absolute Gasteiger partial charge is 0.493 e. The number of nitrogens with zero attached hydrogens (tertiary/aromatic N) is 1. The van der Waals surface area contributed by atoms with Crippen LogP contribution in [0.3, 0.4) is 0 Å². The van der Waals surface area contributed by atoms with E-state index in [1.54, 1.807) is 25.2 Å². The van der Waals surface area contributed by atoms with Gasteiger partial charge in [-0.05, 0) is 53.3 Å². The fourth-order valence-corrected chi connectivity index (χ4v) is 4.45. The van der Waals surface area contributed by atoms with Crippen LogP contribution < -0.4 is 14.8 Å². The van der Waals surface area contributed by atoms with Gasteiger partial charge in [0.25, 0.3) is 0 Å². The van der Waals surface area contributed by atoms with E-state index < -0.39 is 6.04 Å². The van der Waals surface area contributed by atoms with Crippen LogP contribution in [0.1, 0.15) is 37.0 Å². The third-order valence-corrected chi connectivity index (χ3v) is 6.51. The molecule has 0 aliphatic heterocycles. The zero-order valence-electron chi connectivity index (χ0n) is 22.6. The predicted octanol–water partition coefficient (Wildman–Crippen LogP) is 5.70. The van der Waals surface area contributed by atoms with Crippen molar-refractivity contribution < 1.29 is 19.1 Å². The first-order valence-corrected chi connectivity index (χ1v) is 13.2. The van der Waals surface area contributed by atoms with Crippen LogP contribution in [-0.4, -0.2) is 43.5 Å². The van der Waals surface area contributed by atoms with Crippen LogP contribution in [-0.2, 0) is 29.0 Å². The Morgan fingerprint density at radius 1 is 0.868 bits per heavy atom. The van der Waals surface area contributed by atoms with Crippen molar-refractivity contribution in [2.24, 2.45) is 5.92 Å². The summed E-state index contributed by atoms with van der Waals surface area (Å²) in [6.07, 6.45) is 1.14. The molecule has 0 saturated heterocycles. The van der Waals surface area contributed by atoms with Gasteiger partial charge in [-0.25, -0.2) is 0 Å². The molecule has 0 aliphatic carbocycles. The molecule has 3 rings (SSSR count). The number of hydrogen-bond donors (Lipinski definition) is 1. The van der Waals surface area contributed by atoms with Crippen molar-refractivity contribution in [2.75, 3.05) is 20.8 Å². The summed E-state index contributed by atoms with van der Waals surface area (Å²) in [5.74, 6) is 1.26. The topological polar surface area (TPSA) is 67.9 Å². The Kier molecular flexibility index (Phi) is 11.0. The average molecular weight is 537 g/mol. The molecular weight excluding hydrogens is 500 g/mol. The Morgan fingerprint density at radius 3 is 2.24 bits per heavy atom. The number of amides is 2. The molecule has 0 bridgehead atoms. The van der Waals surface area contributed by atoms with Gasteiger partial charge in [0.2, 0.25) is 11.8 Å². The average Bonchev–Trinajstić information content (AvgIpc) is 2.92. The van der Waals surface area contributed by atoms with E-state index in [4.69, 9.17) is 21.1 Å². The molecule has 0 saturated carbocycles. The highest BCUT2D eigenvalue weighted by Crippen LogP contribution is 2.28. The molecule has 0 heterocycles. The summed E-state index contributed by atoms with van der Waals surface area (Å²) in [4.78, 5) is 29.0. The highest BCUT2D eigenvalue weighted by molar-refractivity contribution is 6.30. The van der Waals surface area contributed by atoms with Crippen molar-refractivity contribution in [1.29, 1.82) is 0 Å². The molecular formula is C31H37ClN2O4. The number of halogens is 1. The Bertz CT molecular complexity index is 1200. The second kappa shape index (κ2) is 14.4. The fourth-order valence-electron chi connectivity index (χ4n) is 4.24. The van der Waals surface area contributed by atoms with Crippen LogP contribution in [0, 0.1) is 5.92 Å². The molecule has 6 nitrogen and oxygen atoms in total. The molecule has 0 spiro atoms. The normalized spacial score (nSPS) is 11.6. The first-order valence-electron chi connectivity index (χ1n) is 12.9. The number of benzene rings is 3. The molecule has 1 atom stereocenters. The second-order valence-electron chi connectivity index (χ2n) is 9.69. The van der Waals surface area contributed by atoms with Crippen molar-refractivity contribution in [3.8, 4) is 11.5 Å². The zero-order valence-corrected chi connectivity index (χ0v) is 23.3. The van der Waals surface area contributed by atoms with Crippen molar-refractivity contribution in [2.45, 2.75) is 45.7 Å². The van der Waals surface area contributed by atoms with E-state index in [1.165, 1.54) is 0 Å². The Balaban J connectivity index is 1.90. The van der Waals surface area contributed by atoms with E-state index in [1.807, 2.05) is 80.6 Å². The molecule has 202 valence electrons. The molecule has 0 radical (unpaired) electrons. The minimum absolute atomic E-state index is 0.111. The van der Waals surface area contributed by atoms with E-state index in [2.05, 4.69) is 5.32 Å². The quantitative estimate of drug-likeness (QED) is 0.304. The SMILES string of the molecule is COc1ccc(CCC(=O)N(Cc2cccc(Cl)c2)[C@@H](Cc2ccccc2)C(=O)NCC(C)C)cc1OC. The van der Waals surface area contributed by atoms with Crippen molar-refractivity contribution in [3.05, 3.63) is 94.5 Å². The number of aryl methyl sites for hydroxylation is 1. The summed E-state index contributed by atoms with van der Waals surface area (Å²) in [6.45, 7) is 4.90. The van der Waals surface area contributed by atoms with Gasteiger partial charge in [-0.2, -0.15) is 0 Å². The molecule has 0 aromatic heterocycles. The van der Waals surface area contributed by atoms with Gasteiger partial charge in [-0.1, -0.05) is 74.0 Å². The number of rotatable bonds is 13. The van der Waals surface area contributed by atoms with Gasteiger partial charge in [0.1, 0.15) is 6.04 Å². The molecule has 0 aliphatic rings. The number of nitrogens with one attached hydrogen (secondary N) is 1. The Labute approximate surface area is 230 Å². The minimum atomic E-state index is -0.673. The van der Waals surface area contributed by atoms with Crippen LogP contribution in [0.2, 0.25) is 5.02 Å². The van der Waals surface area contributed by atoms with E-state index >= 15 is 0 Å². The maximum Gasteiger partial charge on any atom is 0.243 e. The molecule has 0 fully saturated rings. The summed E-state index contributed by atoms with van der Waals surface area (Å²) < 4.78 is 10.7. The smallest absolute Gasteiger partial charge is 0.243 e. The number of hydrogen-bond acceptors (Lipinski definition) is 4. The maximum atomic E-state index is 13.8. The van der Waals surface area contributed by atoms with Crippen molar-refractivity contribution >= 4 is 23.4 Å². The van der Waals surface area contributed by atoms with Gasteiger partial charge >= 0.3 is 0 Å². The summed E-state index contributed by atoms with van der Waals surface area (Å²) in [5.41, 5.74) is 2.80. The van der Waals surface area contributed by atoms with Crippen LogP contribution in [0.4, 0.5) is 0 Å². The lowest BCUT2D eigenvalue weighted by Crippen LogP contribution is -2.51. The molecule has 7 heteroatoms. The predicted molar refractivity (Wildman–Crippen MR) is 152 cm³/mol. The van der Waals surface area contributed by atoms with E-state index in [9.17, 15) is 9.59 Å². The molecule has 3 aromatic carbocycles. The number of carbonyl (C=O) groups is 2. The molecule has 1 N–H and O–H groups in total. The molecule has 0 unspecified atom stereocenters. The summed E-state index contributed by atoms with van der Waals surface area (Å²) in [6, 6.07) is 22.2. The van der Waals surface area contributed by atoms with Crippen LogP contribution in [0.15, 0.2) is 72.8 Å². The number of ether oxygens (including phenoxy) is 2. The zero-order chi connectivity index (χ0) is 27.5. The lowest BCUT2D eigenvalue weighted by Gasteiger charge is -2.32. The summed E-state index contributed by atoms with van der Waals surface area (Å²) in [5, 5.41) is 3.63. The third-order valence-electron chi connectivity index (χ3n) is 6.27. The van der Waals surface area contributed by atoms with E-state index in [0.29, 0.717) is 41.8 Å². The van der Waals surface area contributed by atoms with Gasteiger partial charge in [0, 0.05) is 31.0 Å². The van der Waals surface area contributed by atoms with Gasteiger partial charge in [0.05, 0.1) is 14.2 Å². The van der Waals surface area contributed by atoms with Crippen molar-refractivity contribution in [1.82, 2.24) is 10.2 Å². The summed E-state index contributed by atoms with van der Waals surface area (Å²) >= 11 is 6.25. The highest BCUT2D eigenvalue weighted by Gasteiger charge is 2.30. The van der Waals surface area contributed by atoms with Gasteiger partial charge < -0.3 is 19.7 Å². The standard InChI is InChI=1S/C31H37ClN2O4/c1-22(2)20-33-31(36)27(18-23-9-6-5-7-10-23)34(21-25-11-8-12-26(32)17-25)30(35)16-14-24-13-15-28(37-3)29(19-24)38-4/h5-13,15,17,19,22,27H,14,16,18,20-21H2,1-4H3,(H,33,36)/t27-/m0/s1. The third kappa shape index (κ3) is 8.52. The van der Waals surface area contributed by atoms with Crippen molar-refractivity contribution in [3.63, 3.8) is 0 Å². The van der Waals surface area contributed by atoms with Crippen LogP contribution in [0.5, 0.6) is 11.5 Å². The minimum Gasteiger partial charge on any atom is -0.493 e. The monoisotopic (exact) mass is 536 g/mol. The van der Waals surface area contributed by atoms with Gasteiger partial charge in [-0.15, -0.1) is 0 Å². The lowest BCUT2D eigenvalue weighted by atomic mass is 10.0. The fraction of sp³-hybridized carbons (Fsp3) is 0.355. The second-order valence-corrected chi connectivity index (χ2v) is 10.1. The maximum absolute atomic E-state index is 13.8. The van der Waals surface area contributed by atoms with Crippen LogP contribution in [0.25, 0.3) is 0 Å². The van der Waals surface area contributed by atoms with E-state index in [-0.39, 0.29) is 24.8 Å². The molecule has 3 aromatic rings. The summed E-state index contributed by atoms with van der Waals surface area (Å²) in [7, 11) is 3.18. The highest BCUT2D eigenvalue weighted by atomic mass is 35.5.